The number of pyridine rings is 1. The number of nitrogens with zero attached hydrogens (tertiary/aromatic N) is 2. The molecule has 4 heteroatoms. The SMILES string of the molecule is CC1CC(C)CN(C(=O)c2ccc(F)nc2)C1. The molecule has 0 bridgehead atoms. The van der Waals surface area contributed by atoms with Gasteiger partial charge in [0.2, 0.25) is 5.95 Å². The predicted molar refractivity (Wildman–Crippen MR) is 63.0 cm³/mol. The summed E-state index contributed by atoms with van der Waals surface area (Å²) >= 11 is 0. The van der Waals surface area contributed by atoms with Crippen LogP contribution in [0.4, 0.5) is 4.39 Å². The van der Waals surface area contributed by atoms with Gasteiger partial charge in [-0.25, -0.2) is 4.98 Å². The lowest BCUT2D eigenvalue weighted by molar-refractivity contribution is 0.0622. The molecule has 2 heterocycles. The quantitative estimate of drug-likeness (QED) is 0.701. The molecule has 0 N–H and O–H groups in total. The number of aromatic nitrogens is 1. The van der Waals surface area contributed by atoms with Crippen molar-refractivity contribution in [3.8, 4) is 0 Å². The third-order valence-corrected chi connectivity index (χ3v) is 3.13. The second-order valence-electron chi connectivity index (χ2n) is 5.03. The second kappa shape index (κ2) is 4.82. The lowest BCUT2D eigenvalue weighted by atomic mass is 9.91. The van der Waals surface area contributed by atoms with E-state index in [4.69, 9.17) is 0 Å². The minimum absolute atomic E-state index is 0.0455. The van der Waals surface area contributed by atoms with Crippen molar-refractivity contribution in [2.24, 2.45) is 11.8 Å². The minimum atomic E-state index is -0.554. The van der Waals surface area contributed by atoms with E-state index in [9.17, 15) is 9.18 Å². The molecule has 0 aliphatic carbocycles. The number of hydrogen-bond acceptors (Lipinski definition) is 2. The average molecular weight is 236 g/mol. The fraction of sp³-hybridized carbons (Fsp3) is 0.538. The maximum Gasteiger partial charge on any atom is 0.255 e. The first-order valence-electron chi connectivity index (χ1n) is 5.97. The van der Waals surface area contributed by atoms with Gasteiger partial charge in [-0.1, -0.05) is 13.8 Å². The zero-order valence-electron chi connectivity index (χ0n) is 10.2. The standard InChI is InChI=1S/C13H17FN2O/c1-9-5-10(2)8-16(7-9)13(17)11-3-4-12(14)15-6-11/h3-4,6,9-10H,5,7-8H2,1-2H3. The monoisotopic (exact) mass is 236 g/mol. The van der Waals surface area contributed by atoms with E-state index in [0.29, 0.717) is 17.4 Å². The molecule has 0 aromatic carbocycles. The highest BCUT2D eigenvalue weighted by Gasteiger charge is 2.26. The van der Waals surface area contributed by atoms with E-state index in [1.54, 1.807) is 0 Å². The van der Waals surface area contributed by atoms with Gasteiger partial charge in [-0.15, -0.1) is 0 Å². The Labute approximate surface area is 101 Å². The van der Waals surface area contributed by atoms with Gasteiger partial charge in [0.25, 0.3) is 5.91 Å². The van der Waals surface area contributed by atoms with E-state index >= 15 is 0 Å². The van der Waals surface area contributed by atoms with Crippen LogP contribution >= 0.6 is 0 Å². The van der Waals surface area contributed by atoms with E-state index in [1.165, 1.54) is 18.3 Å². The number of likely N-dealkylation sites (tertiary alicyclic amines) is 1. The molecule has 1 saturated heterocycles. The van der Waals surface area contributed by atoms with E-state index < -0.39 is 5.95 Å². The van der Waals surface area contributed by atoms with Crippen molar-refractivity contribution in [1.82, 2.24) is 9.88 Å². The third-order valence-electron chi connectivity index (χ3n) is 3.13. The summed E-state index contributed by atoms with van der Waals surface area (Å²) in [6.07, 6.45) is 2.47. The molecule has 1 aromatic heterocycles. The van der Waals surface area contributed by atoms with Crippen molar-refractivity contribution >= 4 is 5.91 Å². The topological polar surface area (TPSA) is 33.2 Å². The zero-order valence-corrected chi connectivity index (χ0v) is 10.2. The summed E-state index contributed by atoms with van der Waals surface area (Å²) in [5.41, 5.74) is 0.465. The molecule has 92 valence electrons. The lowest BCUT2D eigenvalue weighted by Gasteiger charge is -2.35. The van der Waals surface area contributed by atoms with Crippen LogP contribution in [-0.4, -0.2) is 28.9 Å². The van der Waals surface area contributed by atoms with Crippen LogP contribution in [0.1, 0.15) is 30.6 Å². The maximum atomic E-state index is 12.7. The molecule has 0 radical (unpaired) electrons. The zero-order chi connectivity index (χ0) is 12.4. The van der Waals surface area contributed by atoms with Crippen molar-refractivity contribution in [1.29, 1.82) is 0 Å². The Morgan fingerprint density at radius 2 is 2.00 bits per heavy atom. The summed E-state index contributed by atoms with van der Waals surface area (Å²) in [6.45, 7) is 5.86. The second-order valence-corrected chi connectivity index (χ2v) is 5.03. The highest BCUT2D eigenvalue weighted by atomic mass is 19.1. The van der Waals surface area contributed by atoms with Crippen LogP contribution in [0.2, 0.25) is 0 Å². The minimum Gasteiger partial charge on any atom is -0.338 e. The van der Waals surface area contributed by atoms with Crippen LogP contribution in [0.15, 0.2) is 18.3 Å². The van der Waals surface area contributed by atoms with Crippen molar-refractivity contribution in [2.75, 3.05) is 13.1 Å². The molecule has 1 fully saturated rings. The molecular formula is C13H17FN2O. The summed E-state index contributed by atoms with van der Waals surface area (Å²) in [5.74, 6) is 0.449. The van der Waals surface area contributed by atoms with Crippen molar-refractivity contribution in [3.05, 3.63) is 29.8 Å². The number of rotatable bonds is 1. The van der Waals surface area contributed by atoms with Gasteiger partial charge in [0, 0.05) is 19.3 Å². The van der Waals surface area contributed by atoms with E-state index in [1.807, 2.05) is 4.90 Å². The number of halogens is 1. The Morgan fingerprint density at radius 1 is 1.35 bits per heavy atom. The molecule has 17 heavy (non-hydrogen) atoms. The Bertz CT molecular complexity index is 394. The highest BCUT2D eigenvalue weighted by Crippen LogP contribution is 2.22. The molecule has 2 rings (SSSR count). The van der Waals surface area contributed by atoms with Gasteiger partial charge in [0.1, 0.15) is 0 Å². The van der Waals surface area contributed by atoms with Gasteiger partial charge in [-0.3, -0.25) is 4.79 Å². The van der Waals surface area contributed by atoms with Crippen LogP contribution in [0.3, 0.4) is 0 Å². The molecule has 1 aromatic rings. The highest BCUT2D eigenvalue weighted by molar-refractivity contribution is 5.93. The first-order chi connectivity index (χ1) is 8.06. The largest absolute Gasteiger partial charge is 0.338 e. The first kappa shape index (κ1) is 12.0. The third kappa shape index (κ3) is 2.81. The van der Waals surface area contributed by atoms with Crippen molar-refractivity contribution in [3.63, 3.8) is 0 Å². The molecule has 1 aliphatic heterocycles. The van der Waals surface area contributed by atoms with Gasteiger partial charge in [0.05, 0.1) is 5.56 Å². The molecule has 0 saturated carbocycles. The summed E-state index contributed by atoms with van der Waals surface area (Å²) < 4.78 is 12.7. The van der Waals surface area contributed by atoms with Crippen molar-refractivity contribution < 1.29 is 9.18 Å². The molecule has 1 aliphatic rings. The number of piperidine rings is 1. The van der Waals surface area contributed by atoms with E-state index in [0.717, 1.165) is 19.5 Å². The fourth-order valence-corrected chi connectivity index (χ4v) is 2.51. The smallest absolute Gasteiger partial charge is 0.255 e. The predicted octanol–water partition coefficient (Wildman–Crippen LogP) is 2.34. The van der Waals surface area contributed by atoms with Crippen molar-refractivity contribution in [2.45, 2.75) is 20.3 Å². The summed E-state index contributed by atoms with van der Waals surface area (Å²) in [5, 5.41) is 0. The van der Waals surface area contributed by atoms with Gasteiger partial charge < -0.3 is 4.90 Å². The Hall–Kier alpha value is -1.45. The fourth-order valence-electron chi connectivity index (χ4n) is 2.51. The Kier molecular flexibility index (Phi) is 3.41. The molecule has 1 amide bonds. The molecule has 3 nitrogen and oxygen atoms in total. The molecule has 2 atom stereocenters. The summed E-state index contributed by atoms with van der Waals surface area (Å²) in [7, 11) is 0. The molecule has 0 spiro atoms. The molecule has 2 unspecified atom stereocenters. The van der Waals surface area contributed by atoms with E-state index in [-0.39, 0.29) is 5.91 Å². The van der Waals surface area contributed by atoms with Crippen LogP contribution in [-0.2, 0) is 0 Å². The average Bonchev–Trinajstić information content (AvgIpc) is 2.28. The number of carbonyl (C=O) groups is 1. The van der Waals surface area contributed by atoms with Gasteiger partial charge in [-0.2, -0.15) is 4.39 Å². The van der Waals surface area contributed by atoms with Gasteiger partial charge in [0.15, 0.2) is 0 Å². The van der Waals surface area contributed by atoms with Crippen LogP contribution in [0.5, 0.6) is 0 Å². The van der Waals surface area contributed by atoms with Gasteiger partial charge in [-0.05, 0) is 30.4 Å². The normalized spacial score (nSPS) is 24.8. The van der Waals surface area contributed by atoms with Crippen LogP contribution < -0.4 is 0 Å². The van der Waals surface area contributed by atoms with Crippen LogP contribution in [0.25, 0.3) is 0 Å². The lowest BCUT2D eigenvalue weighted by Crippen LogP contribution is -2.42. The number of amides is 1. The summed E-state index contributed by atoms with van der Waals surface area (Å²) in [4.78, 5) is 17.5. The molecular weight excluding hydrogens is 219 g/mol. The number of carbonyl (C=O) groups excluding carboxylic acids is 1. The maximum absolute atomic E-state index is 12.7. The Morgan fingerprint density at radius 3 is 2.53 bits per heavy atom. The van der Waals surface area contributed by atoms with E-state index in [2.05, 4.69) is 18.8 Å². The first-order valence-corrected chi connectivity index (χ1v) is 5.97. The summed E-state index contributed by atoms with van der Waals surface area (Å²) in [6, 6.07) is 2.72. The Balaban J connectivity index is 2.11. The number of hydrogen-bond donors (Lipinski definition) is 0. The van der Waals surface area contributed by atoms with Gasteiger partial charge >= 0.3 is 0 Å². The van der Waals surface area contributed by atoms with Crippen LogP contribution in [0, 0.1) is 17.8 Å².